The highest BCUT2D eigenvalue weighted by Crippen LogP contribution is 2.42. The summed E-state index contributed by atoms with van der Waals surface area (Å²) in [5, 5.41) is 22.0. The van der Waals surface area contributed by atoms with Crippen molar-refractivity contribution in [2.75, 3.05) is 34.3 Å². The second-order valence-corrected chi connectivity index (χ2v) is 8.10. The van der Waals surface area contributed by atoms with Gasteiger partial charge in [0, 0.05) is 37.7 Å². The highest BCUT2D eigenvalue weighted by atomic mass is 16.6. The van der Waals surface area contributed by atoms with Crippen LogP contribution in [0.1, 0.15) is 24.1 Å². The molecule has 0 bridgehead atoms. The number of aliphatic hydroxyl groups excluding tert-OH is 1. The van der Waals surface area contributed by atoms with E-state index in [2.05, 4.69) is 0 Å². The van der Waals surface area contributed by atoms with Crippen molar-refractivity contribution in [1.82, 2.24) is 9.80 Å². The standard InChI is InChI=1S/C24H25N3O8/c1-14(28)35-19-13-16(7-10-18(19)34-4)21-20(23(30)24(31)26(21)12-11-25(2)3)22(29)15-5-8-17(9-6-15)27(32)33/h5-10,13,21,29H,11-12H2,1-4H3/b22-20-. The van der Waals surface area contributed by atoms with Crippen LogP contribution in [0.5, 0.6) is 11.5 Å². The topological polar surface area (TPSA) is 140 Å². The van der Waals surface area contributed by atoms with Gasteiger partial charge in [-0.2, -0.15) is 0 Å². The number of hydrogen-bond donors (Lipinski definition) is 1. The monoisotopic (exact) mass is 483 g/mol. The van der Waals surface area contributed by atoms with Crippen molar-refractivity contribution < 1.29 is 33.9 Å². The van der Waals surface area contributed by atoms with Gasteiger partial charge in [-0.15, -0.1) is 0 Å². The van der Waals surface area contributed by atoms with Gasteiger partial charge in [0.15, 0.2) is 11.5 Å². The number of non-ortho nitro benzene ring substituents is 1. The third-order valence-corrected chi connectivity index (χ3v) is 5.44. The Kier molecular flexibility index (Phi) is 7.50. The predicted molar refractivity (Wildman–Crippen MR) is 125 cm³/mol. The highest BCUT2D eigenvalue weighted by molar-refractivity contribution is 6.46. The molecule has 0 radical (unpaired) electrons. The number of benzene rings is 2. The Labute approximate surface area is 201 Å². The van der Waals surface area contributed by atoms with Crippen molar-refractivity contribution in [3.8, 4) is 11.5 Å². The van der Waals surface area contributed by atoms with E-state index < -0.39 is 34.4 Å². The first-order chi connectivity index (χ1) is 16.5. The summed E-state index contributed by atoms with van der Waals surface area (Å²) in [7, 11) is 5.03. The maximum absolute atomic E-state index is 13.1. The largest absolute Gasteiger partial charge is 0.507 e. The molecule has 1 unspecified atom stereocenters. The lowest BCUT2D eigenvalue weighted by molar-refractivity contribution is -0.384. The molecule has 0 saturated carbocycles. The SMILES string of the molecule is COc1ccc(C2/C(=C(/O)c3ccc([N+](=O)[O-])cc3)C(=O)C(=O)N2CCN(C)C)cc1OC(C)=O. The minimum absolute atomic E-state index is 0.0889. The molecule has 184 valence electrons. The van der Waals surface area contributed by atoms with Crippen LogP contribution in [0, 0.1) is 10.1 Å². The molecule has 1 saturated heterocycles. The van der Waals surface area contributed by atoms with Gasteiger partial charge in [0.25, 0.3) is 17.4 Å². The molecule has 2 aromatic rings. The van der Waals surface area contributed by atoms with Crippen molar-refractivity contribution >= 4 is 29.1 Å². The Morgan fingerprint density at radius 2 is 1.80 bits per heavy atom. The molecule has 1 atom stereocenters. The van der Waals surface area contributed by atoms with E-state index in [9.17, 15) is 29.6 Å². The van der Waals surface area contributed by atoms with E-state index in [1.807, 2.05) is 19.0 Å². The highest BCUT2D eigenvalue weighted by Gasteiger charge is 2.46. The maximum atomic E-state index is 13.1. The summed E-state index contributed by atoms with van der Waals surface area (Å²) in [5.41, 5.74) is 0.177. The zero-order valence-corrected chi connectivity index (χ0v) is 19.7. The quantitative estimate of drug-likeness (QED) is 0.114. The Morgan fingerprint density at radius 1 is 1.14 bits per heavy atom. The normalized spacial score (nSPS) is 17.1. The number of ether oxygens (including phenoxy) is 2. The molecular weight excluding hydrogens is 458 g/mol. The molecule has 35 heavy (non-hydrogen) atoms. The number of esters is 1. The number of likely N-dealkylation sites (tertiary alicyclic amines) is 1. The summed E-state index contributed by atoms with van der Waals surface area (Å²) in [5.74, 6) is -2.40. The summed E-state index contributed by atoms with van der Waals surface area (Å²) >= 11 is 0. The maximum Gasteiger partial charge on any atom is 0.308 e. The summed E-state index contributed by atoms with van der Waals surface area (Å²) in [6.07, 6.45) is 0. The number of methoxy groups -OCH3 is 1. The van der Waals surface area contributed by atoms with Gasteiger partial charge in [-0.25, -0.2) is 0 Å². The first-order valence-corrected chi connectivity index (χ1v) is 10.6. The van der Waals surface area contributed by atoms with Crippen molar-refractivity contribution in [1.29, 1.82) is 0 Å². The van der Waals surface area contributed by atoms with Crippen LogP contribution >= 0.6 is 0 Å². The number of amides is 1. The van der Waals surface area contributed by atoms with E-state index in [4.69, 9.17) is 9.47 Å². The van der Waals surface area contributed by atoms with E-state index in [1.54, 1.807) is 6.07 Å². The fourth-order valence-electron chi connectivity index (χ4n) is 3.76. The number of likely N-dealkylation sites (N-methyl/N-ethyl adjacent to an activating group) is 1. The first-order valence-electron chi connectivity index (χ1n) is 10.6. The Bertz CT molecular complexity index is 1200. The third kappa shape index (κ3) is 5.30. The lowest BCUT2D eigenvalue weighted by atomic mass is 9.95. The van der Waals surface area contributed by atoms with E-state index in [0.717, 1.165) is 0 Å². The van der Waals surface area contributed by atoms with Crippen LogP contribution in [0.3, 0.4) is 0 Å². The molecule has 3 rings (SSSR count). The van der Waals surface area contributed by atoms with Gasteiger partial charge in [-0.3, -0.25) is 24.5 Å². The van der Waals surface area contributed by atoms with Crippen LogP contribution in [0.2, 0.25) is 0 Å². The van der Waals surface area contributed by atoms with Crippen LogP contribution in [-0.2, 0) is 14.4 Å². The average Bonchev–Trinajstić information content (AvgIpc) is 3.06. The summed E-state index contributed by atoms with van der Waals surface area (Å²) in [6.45, 7) is 1.84. The summed E-state index contributed by atoms with van der Waals surface area (Å²) in [4.78, 5) is 51.2. The third-order valence-electron chi connectivity index (χ3n) is 5.44. The van der Waals surface area contributed by atoms with Crippen molar-refractivity contribution in [3.63, 3.8) is 0 Å². The molecule has 11 nitrogen and oxygen atoms in total. The van der Waals surface area contributed by atoms with Crippen LogP contribution in [0.15, 0.2) is 48.0 Å². The Morgan fingerprint density at radius 3 is 2.34 bits per heavy atom. The lowest BCUT2D eigenvalue weighted by Gasteiger charge is -2.27. The van der Waals surface area contributed by atoms with Gasteiger partial charge >= 0.3 is 5.97 Å². The minimum Gasteiger partial charge on any atom is -0.507 e. The number of nitro benzene ring substituents is 1. The van der Waals surface area contributed by atoms with Gasteiger partial charge in [0.2, 0.25) is 0 Å². The molecule has 1 amide bonds. The van der Waals surface area contributed by atoms with Gasteiger partial charge < -0.3 is 24.4 Å². The number of carbonyl (C=O) groups excluding carboxylic acids is 3. The van der Waals surface area contributed by atoms with Gasteiger partial charge in [0.1, 0.15) is 5.76 Å². The number of Topliss-reactive ketones (excluding diaryl/α,β-unsaturated/α-hetero) is 1. The molecule has 1 fully saturated rings. The minimum atomic E-state index is -0.995. The van der Waals surface area contributed by atoms with Crippen molar-refractivity contribution in [2.45, 2.75) is 13.0 Å². The van der Waals surface area contributed by atoms with Crippen molar-refractivity contribution in [2.24, 2.45) is 0 Å². The average molecular weight is 483 g/mol. The molecule has 0 aromatic heterocycles. The smallest absolute Gasteiger partial charge is 0.308 e. The molecular formula is C24H25N3O8. The van der Waals surface area contributed by atoms with Crippen LogP contribution in [0.25, 0.3) is 5.76 Å². The van der Waals surface area contributed by atoms with Gasteiger partial charge in [-0.05, 0) is 43.9 Å². The molecule has 2 aromatic carbocycles. The van der Waals surface area contributed by atoms with E-state index in [1.165, 1.54) is 55.3 Å². The predicted octanol–water partition coefficient (Wildman–Crippen LogP) is 2.51. The Balaban J connectivity index is 2.19. The number of nitro groups is 1. The second-order valence-electron chi connectivity index (χ2n) is 8.10. The van der Waals surface area contributed by atoms with E-state index in [-0.39, 0.29) is 34.9 Å². The second kappa shape index (κ2) is 10.3. The molecule has 1 heterocycles. The summed E-state index contributed by atoms with van der Waals surface area (Å²) in [6, 6.07) is 8.61. The molecule has 1 aliphatic rings. The lowest BCUT2D eigenvalue weighted by Crippen LogP contribution is -2.35. The van der Waals surface area contributed by atoms with Gasteiger partial charge in [-0.1, -0.05) is 6.07 Å². The van der Waals surface area contributed by atoms with Crippen molar-refractivity contribution in [3.05, 3.63) is 69.3 Å². The molecule has 11 heteroatoms. The number of rotatable bonds is 8. The van der Waals surface area contributed by atoms with E-state index >= 15 is 0 Å². The zero-order valence-electron chi connectivity index (χ0n) is 19.7. The first kappa shape index (κ1) is 25.4. The van der Waals surface area contributed by atoms with E-state index in [0.29, 0.717) is 12.1 Å². The number of aliphatic hydroxyl groups is 1. The molecule has 0 aliphatic carbocycles. The fourth-order valence-corrected chi connectivity index (χ4v) is 3.76. The Hall–Kier alpha value is -4.25. The molecule has 1 aliphatic heterocycles. The van der Waals surface area contributed by atoms with Crippen LogP contribution in [-0.4, -0.2) is 71.8 Å². The number of carbonyl (C=O) groups is 3. The van der Waals surface area contributed by atoms with Crippen LogP contribution in [0.4, 0.5) is 5.69 Å². The number of nitrogens with zero attached hydrogens (tertiary/aromatic N) is 3. The number of hydrogen-bond acceptors (Lipinski definition) is 9. The zero-order chi connectivity index (χ0) is 25.9. The van der Waals surface area contributed by atoms with Gasteiger partial charge in [0.05, 0.1) is 23.6 Å². The summed E-state index contributed by atoms with van der Waals surface area (Å²) < 4.78 is 10.5. The molecule has 1 N–H and O–H groups in total. The fraction of sp³-hybridized carbons (Fsp3) is 0.292. The molecule has 0 spiro atoms. The number of ketones is 1. The van der Waals surface area contributed by atoms with Crippen LogP contribution < -0.4 is 9.47 Å².